The average molecular weight is 969 g/mol. The van der Waals surface area contributed by atoms with Crippen molar-refractivity contribution in [3.63, 3.8) is 0 Å². The first-order valence-corrected chi connectivity index (χ1v) is 30.4. The van der Waals surface area contributed by atoms with Crippen molar-refractivity contribution in [1.82, 2.24) is 5.32 Å². The van der Waals surface area contributed by atoms with E-state index >= 15 is 0 Å². The molecule has 0 aliphatic rings. The van der Waals surface area contributed by atoms with Gasteiger partial charge in [-0.15, -0.1) is 0 Å². The zero-order valence-electron chi connectivity index (χ0n) is 46.0. The first-order valence-electron chi connectivity index (χ1n) is 30.4. The molecule has 3 N–H and O–H groups in total. The highest BCUT2D eigenvalue weighted by atomic mass is 16.5. The summed E-state index contributed by atoms with van der Waals surface area (Å²) in [5, 5.41) is 23.3. The summed E-state index contributed by atoms with van der Waals surface area (Å²) in [7, 11) is 0. The number of ether oxygens (including phenoxy) is 1. The maximum atomic E-state index is 12.5. The molecule has 6 nitrogen and oxygen atoms in total. The molecule has 0 bridgehead atoms. The molecule has 0 saturated carbocycles. The molecular formula is C63H117NO5. The Morgan fingerprint density at radius 3 is 1.16 bits per heavy atom. The molecule has 0 spiro atoms. The number of rotatable bonds is 56. The number of hydrogen-bond acceptors (Lipinski definition) is 5. The van der Waals surface area contributed by atoms with Gasteiger partial charge < -0.3 is 20.3 Å². The minimum atomic E-state index is -0.702. The number of unbranched alkanes of at least 4 members (excludes halogenated alkanes) is 37. The highest BCUT2D eigenvalue weighted by Crippen LogP contribution is 2.17. The van der Waals surface area contributed by atoms with Gasteiger partial charge in [-0.3, -0.25) is 9.59 Å². The van der Waals surface area contributed by atoms with Crippen LogP contribution in [-0.4, -0.2) is 47.4 Å². The molecule has 1 amide bonds. The molecule has 2 atom stereocenters. The van der Waals surface area contributed by atoms with E-state index in [9.17, 15) is 19.8 Å². The Balaban J connectivity index is 3.53. The van der Waals surface area contributed by atoms with Gasteiger partial charge >= 0.3 is 5.97 Å². The molecule has 404 valence electrons. The zero-order chi connectivity index (χ0) is 50.0. The van der Waals surface area contributed by atoms with Crippen molar-refractivity contribution in [2.75, 3.05) is 13.2 Å². The number of aliphatic hydroxyl groups excluding tert-OH is 2. The summed E-state index contributed by atoms with van der Waals surface area (Å²) in [6.07, 6.45) is 74.1. The second kappa shape index (κ2) is 58.4. The third-order valence-corrected chi connectivity index (χ3v) is 13.9. The standard InChI is InChI=1S/C63H117NO5/c1-3-5-7-9-11-13-15-17-19-21-22-23-24-25-27-28-31-35-39-43-47-51-55-61(66)60(59-65)64-62(67)56-52-48-44-40-36-32-30-34-38-42-46-50-54-58-69-63(68)57-53-49-45-41-37-33-29-26-20-18-16-14-12-10-8-6-4-2/h12,14,18,20,32,36,44,48,60-61,65-66H,3-11,13,15-17,19,21-31,33-35,37-43,45-47,49-59H2,1-2H3,(H,64,67)/b14-12-,20-18-,36-32-,48-44-. The van der Waals surface area contributed by atoms with Crippen molar-refractivity contribution < 1.29 is 24.5 Å². The van der Waals surface area contributed by atoms with Gasteiger partial charge in [0.25, 0.3) is 0 Å². The molecule has 0 aromatic rings. The Morgan fingerprint density at radius 2 is 0.739 bits per heavy atom. The number of aliphatic hydroxyl groups is 2. The van der Waals surface area contributed by atoms with Crippen molar-refractivity contribution >= 4 is 11.9 Å². The van der Waals surface area contributed by atoms with Crippen molar-refractivity contribution in [2.24, 2.45) is 0 Å². The molecule has 0 heterocycles. The fraction of sp³-hybridized carbons (Fsp3) is 0.841. The van der Waals surface area contributed by atoms with Gasteiger partial charge in [-0.25, -0.2) is 0 Å². The summed E-state index contributed by atoms with van der Waals surface area (Å²) in [6.45, 7) is 4.87. The predicted molar refractivity (Wildman–Crippen MR) is 301 cm³/mol. The van der Waals surface area contributed by atoms with Gasteiger partial charge in [0, 0.05) is 12.8 Å². The quantitative estimate of drug-likeness (QED) is 0.0321. The van der Waals surface area contributed by atoms with Gasteiger partial charge in [0.2, 0.25) is 5.91 Å². The molecule has 0 rings (SSSR count). The van der Waals surface area contributed by atoms with Crippen LogP contribution in [0.2, 0.25) is 0 Å². The topological polar surface area (TPSA) is 95.9 Å². The third-order valence-electron chi connectivity index (χ3n) is 13.9. The van der Waals surface area contributed by atoms with Gasteiger partial charge in [-0.2, -0.15) is 0 Å². The average Bonchev–Trinajstić information content (AvgIpc) is 3.35. The number of esters is 1. The van der Waals surface area contributed by atoms with Crippen molar-refractivity contribution in [3.05, 3.63) is 48.6 Å². The maximum Gasteiger partial charge on any atom is 0.305 e. The lowest BCUT2D eigenvalue weighted by atomic mass is 10.0. The number of nitrogens with one attached hydrogen (secondary N) is 1. The minimum Gasteiger partial charge on any atom is -0.466 e. The van der Waals surface area contributed by atoms with Crippen molar-refractivity contribution in [2.45, 2.75) is 328 Å². The largest absolute Gasteiger partial charge is 0.466 e. The van der Waals surface area contributed by atoms with Crippen LogP contribution in [-0.2, 0) is 14.3 Å². The summed E-state index contributed by atoms with van der Waals surface area (Å²) in [6, 6.07) is -0.588. The highest BCUT2D eigenvalue weighted by Gasteiger charge is 2.19. The van der Waals surface area contributed by atoms with E-state index in [0.29, 0.717) is 32.3 Å². The van der Waals surface area contributed by atoms with E-state index in [0.717, 1.165) is 57.8 Å². The Kier molecular flexibility index (Phi) is 56.5. The SMILES string of the molecule is CCCCC/C=C\C/C=C\CCCCCCCCCC(=O)OCCCCCCCC/C=C\C/C=C\CCC(=O)NC(CO)C(O)CCCCCCCCCCCCCCCCCCCCCCCC. The number of hydrogen-bond donors (Lipinski definition) is 3. The minimum absolute atomic E-state index is 0.0245. The molecular weight excluding hydrogens is 851 g/mol. The third kappa shape index (κ3) is 55.0. The summed E-state index contributed by atoms with van der Waals surface area (Å²) in [5.74, 6) is -0.139. The lowest BCUT2D eigenvalue weighted by Crippen LogP contribution is -2.45. The lowest BCUT2D eigenvalue weighted by Gasteiger charge is -2.22. The van der Waals surface area contributed by atoms with Crippen molar-refractivity contribution in [3.8, 4) is 0 Å². The molecule has 0 aliphatic heterocycles. The normalized spacial score (nSPS) is 12.9. The van der Waals surface area contributed by atoms with E-state index in [4.69, 9.17) is 4.74 Å². The molecule has 2 unspecified atom stereocenters. The van der Waals surface area contributed by atoms with E-state index in [-0.39, 0.29) is 18.5 Å². The summed E-state index contributed by atoms with van der Waals surface area (Å²) in [5.41, 5.74) is 0. The van der Waals surface area contributed by atoms with Gasteiger partial charge in [0.05, 0.1) is 25.4 Å². The smallest absolute Gasteiger partial charge is 0.305 e. The molecule has 0 aromatic heterocycles. The monoisotopic (exact) mass is 968 g/mol. The van der Waals surface area contributed by atoms with Crippen LogP contribution < -0.4 is 5.32 Å². The number of carbonyl (C=O) groups is 2. The van der Waals surface area contributed by atoms with Gasteiger partial charge in [-0.05, 0) is 77.0 Å². The van der Waals surface area contributed by atoms with Crippen molar-refractivity contribution in [1.29, 1.82) is 0 Å². The molecule has 0 fully saturated rings. The molecule has 0 radical (unpaired) electrons. The first-order chi connectivity index (χ1) is 34.0. The highest BCUT2D eigenvalue weighted by molar-refractivity contribution is 5.76. The van der Waals surface area contributed by atoms with Crippen LogP contribution >= 0.6 is 0 Å². The second-order valence-corrected chi connectivity index (χ2v) is 20.7. The molecule has 6 heteroatoms. The van der Waals surface area contributed by atoms with E-state index in [1.54, 1.807) is 0 Å². The number of amides is 1. The summed E-state index contributed by atoms with van der Waals surface area (Å²) >= 11 is 0. The van der Waals surface area contributed by atoms with Gasteiger partial charge in [-0.1, -0.05) is 274 Å². The van der Waals surface area contributed by atoms with Gasteiger partial charge in [0.15, 0.2) is 0 Å². The molecule has 0 saturated heterocycles. The van der Waals surface area contributed by atoms with Gasteiger partial charge in [0.1, 0.15) is 0 Å². The summed E-state index contributed by atoms with van der Waals surface area (Å²) < 4.78 is 5.46. The number of carbonyl (C=O) groups excluding carboxylic acids is 2. The van der Waals surface area contributed by atoms with E-state index in [1.165, 1.54) is 218 Å². The van der Waals surface area contributed by atoms with Crippen LogP contribution in [0.5, 0.6) is 0 Å². The molecule has 0 aliphatic carbocycles. The summed E-state index contributed by atoms with van der Waals surface area (Å²) in [4.78, 5) is 24.5. The van der Waals surface area contributed by atoms with E-state index in [2.05, 4.69) is 61.7 Å². The fourth-order valence-corrected chi connectivity index (χ4v) is 9.19. The predicted octanol–water partition coefficient (Wildman–Crippen LogP) is 19.0. The Labute approximate surface area is 429 Å². The first kappa shape index (κ1) is 66.8. The van der Waals surface area contributed by atoms with E-state index in [1.807, 2.05) is 6.08 Å². The van der Waals surface area contributed by atoms with Crippen LogP contribution in [0.15, 0.2) is 48.6 Å². The van der Waals surface area contributed by atoms with Crippen LogP contribution in [0.4, 0.5) is 0 Å². The zero-order valence-corrected chi connectivity index (χ0v) is 46.0. The van der Waals surface area contributed by atoms with Crippen LogP contribution in [0.3, 0.4) is 0 Å². The Hall–Kier alpha value is -2.18. The van der Waals surface area contributed by atoms with Crippen LogP contribution in [0, 0.1) is 0 Å². The molecule has 69 heavy (non-hydrogen) atoms. The molecule has 0 aromatic carbocycles. The van der Waals surface area contributed by atoms with E-state index < -0.39 is 12.1 Å². The van der Waals surface area contributed by atoms with Crippen LogP contribution in [0.1, 0.15) is 316 Å². The van der Waals surface area contributed by atoms with Crippen LogP contribution in [0.25, 0.3) is 0 Å². The lowest BCUT2D eigenvalue weighted by molar-refractivity contribution is -0.143. The Bertz CT molecular complexity index is 1160. The Morgan fingerprint density at radius 1 is 0.406 bits per heavy atom. The fourth-order valence-electron chi connectivity index (χ4n) is 9.19. The maximum absolute atomic E-state index is 12.5. The number of allylic oxidation sites excluding steroid dienone is 8. The second-order valence-electron chi connectivity index (χ2n) is 20.7.